The van der Waals surface area contributed by atoms with E-state index in [4.69, 9.17) is 19.0 Å². The van der Waals surface area contributed by atoms with Crippen molar-refractivity contribution in [1.29, 1.82) is 0 Å². The first-order chi connectivity index (χ1) is 14.6. The van der Waals surface area contributed by atoms with Crippen molar-refractivity contribution in [1.82, 2.24) is 4.98 Å². The van der Waals surface area contributed by atoms with Crippen molar-refractivity contribution in [2.75, 3.05) is 11.7 Å². The fourth-order valence-electron chi connectivity index (χ4n) is 5.29. The van der Waals surface area contributed by atoms with Gasteiger partial charge in [0, 0.05) is 16.6 Å². The van der Waals surface area contributed by atoms with E-state index < -0.39 is 24.0 Å². The molecule has 0 spiro atoms. The van der Waals surface area contributed by atoms with Gasteiger partial charge >= 0.3 is 0 Å². The molecule has 1 aromatic carbocycles. The fraction of sp³-hybridized carbons (Fsp3) is 0.400. The minimum Gasteiger partial charge on any atom is -0.454 e. The van der Waals surface area contributed by atoms with Gasteiger partial charge in [0.05, 0.1) is 29.6 Å². The highest BCUT2D eigenvalue weighted by molar-refractivity contribution is 7.16. The maximum Gasteiger partial charge on any atom is 0.242 e. The summed E-state index contributed by atoms with van der Waals surface area (Å²) < 4.78 is 17.0. The number of fused-ring (bicyclic) bond motifs is 9. The third-order valence-electron chi connectivity index (χ3n) is 6.51. The molecule has 0 saturated carbocycles. The van der Waals surface area contributed by atoms with Crippen LogP contribution in [0.1, 0.15) is 10.4 Å². The lowest BCUT2D eigenvalue weighted by molar-refractivity contribution is -0.125. The number of aromatic nitrogens is 1. The number of nitrogens with zero attached hydrogens (tertiary/aromatic N) is 3. The van der Waals surface area contributed by atoms with Crippen LogP contribution in [0, 0.1) is 24.7 Å². The number of thiazole rings is 1. The molecule has 2 aromatic rings. The summed E-state index contributed by atoms with van der Waals surface area (Å²) in [6.07, 6.45) is 0.329. The van der Waals surface area contributed by atoms with Gasteiger partial charge in [0.2, 0.25) is 18.6 Å². The number of carbonyl (C=O) groups excluding carboxylic acids is 2. The zero-order valence-corrected chi connectivity index (χ0v) is 16.5. The first-order valence-corrected chi connectivity index (χ1v) is 10.5. The Morgan fingerprint density at radius 1 is 1.03 bits per heavy atom. The molecule has 0 radical (unpaired) electrons. The Morgan fingerprint density at radius 3 is 2.63 bits per heavy atom. The number of amides is 2. The highest BCUT2D eigenvalue weighted by atomic mass is 32.1. The first kappa shape index (κ1) is 16.8. The van der Waals surface area contributed by atoms with Crippen LogP contribution >= 0.6 is 11.3 Å². The molecule has 0 unspecified atom stereocenters. The molecule has 2 amide bonds. The molecule has 3 saturated heterocycles. The summed E-state index contributed by atoms with van der Waals surface area (Å²) in [6, 6.07) is 5.59. The highest BCUT2D eigenvalue weighted by Crippen LogP contribution is 2.55. The summed E-state index contributed by atoms with van der Waals surface area (Å²) >= 11 is 1.34. The van der Waals surface area contributed by atoms with Gasteiger partial charge < -0.3 is 19.0 Å². The number of hydrogen-bond acceptors (Lipinski definition) is 9. The number of aryl methyl sites for hydroxylation is 1. The number of carbonyl (C=O) groups is 2. The minimum atomic E-state index is -0.556. The number of benzene rings is 1. The van der Waals surface area contributed by atoms with E-state index in [1.165, 1.54) is 16.2 Å². The average Bonchev–Trinajstić information content (AvgIpc) is 3.53. The van der Waals surface area contributed by atoms with Gasteiger partial charge in [0.25, 0.3) is 0 Å². The van der Waals surface area contributed by atoms with Gasteiger partial charge in [-0.2, -0.15) is 0 Å². The zero-order valence-electron chi connectivity index (χ0n) is 15.7. The van der Waals surface area contributed by atoms with Crippen LogP contribution in [0.5, 0.6) is 11.5 Å². The van der Waals surface area contributed by atoms with Crippen molar-refractivity contribution >= 4 is 34.0 Å². The van der Waals surface area contributed by atoms with Gasteiger partial charge in [-0.1, -0.05) is 5.16 Å². The molecule has 6 heterocycles. The summed E-state index contributed by atoms with van der Waals surface area (Å²) in [6.45, 7) is 2.08. The van der Waals surface area contributed by atoms with Crippen LogP contribution in [-0.2, 0) is 19.2 Å². The summed E-state index contributed by atoms with van der Waals surface area (Å²) in [4.78, 5) is 38.5. The van der Waals surface area contributed by atoms with Crippen LogP contribution in [0.25, 0.3) is 0 Å². The lowest BCUT2D eigenvalue weighted by atomic mass is 9.71. The molecule has 0 N–H and O–H groups in total. The van der Waals surface area contributed by atoms with Gasteiger partial charge in [-0.3, -0.25) is 9.59 Å². The number of rotatable bonds is 2. The van der Waals surface area contributed by atoms with Gasteiger partial charge in [0.15, 0.2) is 22.7 Å². The predicted octanol–water partition coefficient (Wildman–Crippen LogP) is 1.49. The standard InChI is InChI=1S/C20H15N3O6S/c1-7-5-21-20(30-7)23-18(24)11-12(19(23)25)16-17-13(15(11)28-16)14(22-29-17)8-2-3-9-10(4-8)27-6-26-9/h2-5,11-13,15-17H,6H2,1H3/t11-,12+,13-,15-,16+,17-/m1/s1. The Bertz CT molecular complexity index is 1160. The van der Waals surface area contributed by atoms with E-state index in [9.17, 15) is 9.59 Å². The van der Waals surface area contributed by atoms with E-state index in [1.54, 1.807) is 6.20 Å². The molecule has 1 aromatic heterocycles. The lowest BCUT2D eigenvalue weighted by Gasteiger charge is -2.26. The molecule has 10 heteroatoms. The van der Waals surface area contributed by atoms with Gasteiger partial charge in [-0.15, -0.1) is 11.3 Å². The summed E-state index contributed by atoms with van der Waals surface area (Å²) in [5.41, 5.74) is 1.55. The quantitative estimate of drug-likeness (QED) is 0.672. The normalized spacial score (nSPS) is 35.0. The van der Waals surface area contributed by atoms with Crippen LogP contribution in [0.3, 0.4) is 0 Å². The second kappa shape index (κ2) is 5.58. The second-order valence-corrected chi connectivity index (χ2v) is 9.24. The second-order valence-electron chi connectivity index (χ2n) is 8.02. The van der Waals surface area contributed by atoms with Crippen LogP contribution in [0.2, 0.25) is 0 Å². The molecular weight excluding hydrogens is 410 g/mol. The van der Waals surface area contributed by atoms with Crippen molar-refractivity contribution in [2.24, 2.45) is 22.9 Å². The number of oxime groups is 1. The van der Waals surface area contributed by atoms with E-state index in [-0.39, 0.29) is 30.6 Å². The van der Waals surface area contributed by atoms with Crippen molar-refractivity contribution in [3.8, 4) is 11.5 Å². The van der Waals surface area contributed by atoms with E-state index in [0.29, 0.717) is 22.3 Å². The third-order valence-corrected chi connectivity index (χ3v) is 7.41. The number of anilines is 1. The molecule has 5 aliphatic heterocycles. The zero-order chi connectivity index (χ0) is 20.1. The van der Waals surface area contributed by atoms with E-state index in [1.807, 2.05) is 25.1 Å². The predicted molar refractivity (Wildman–Crippen MR) is 102 cm³/mol. The van der Waals surface area contributed by atoms with Crippen molar-refractivity contribution in [2.45, 2.75) is 25.2 Å². The van der Waals surface area contributed by atoms with Gasteiger partial charge in [-0.05, 0) is 25.1 Å². The van der Waals surface area contributed by atoms with Crippen LogP contribution in [-0.4, -0.2) is 47.6 Å². The Labute approximate surface area is 174 Å². The fourth-order valence-corrected chi connectivity index (χ4v) is 6.06. The Kier molecular flexibility index (Phi) is 3.12. The molecule has 0 aliphatic carbocycles. The maximum atomic E-state index is 13.3. The number of hydrogen-bond donors (Lipinski definition) is 0. The van der Waals surface area contributed by atoms with E-state index >= 15 is 0 Å². The van der Waals surface area contributed by atoms with Crippen molar-refractivity contribution < 1.29 is 28.6 Å². The summed E-state index contributed by atoms with van der Waals surface area (Å²) in [5.74, 6) is -0.491. The van der Waals surface area contributed by atoms with Crippen LogP contribution in [0.15, 0.2) is 29.6 Å². The van der Waals surface area contributed by atoms with E-state index in [0.717, 1.165) is 10.4 Å². The van der Waals surface area contributed by atoms with Crippen molar-refractivity contribution in [3.05, 3.63) is 34.8 Å². The molecule has 7 rings (SSSR count). The van der Waals surface area contributed by atoms with Gasteiger partial charge in [0.1, 0.15) is 6.10 Å². The number of imide groups is 1. The monoisotopic (exact) mass is 425 g/mol. The summed E-state index contributed by atoms with van der Waals surface area (Å²) in [7, 11) is 0. The molecule has 30 heavy (non-hydrogen) atoms. The maximum absolute atomic E-state index is 13.3. The molecular formula is C20H15N3O6S. The topological polar surface area (TPSA) is 99.6 Å². The SMILES string of the molecule is Cc1cnc(N2C(=O)[C@@H]3[C@@H]4O[C@@H]([C@H]5C(c6ccc7c(c6)OCO7)=NO[C@@H]45)[C@@H]3C2=O)s1. The van der Waals surface area contributed by atoms with Crippen LogP contribution < -0.4 is 14.4 Å². The minimum absolute atomic E-state index is 0.189. The average molecular weight is 425 g/mol. The molecule has 152 valence electrons. The molecule has 2 bridgehead atoms. The molecule has 5 aliphatic rings. The van der Waals surface area contributed by atoms with Crippen LogP contribution in [0.4, 0.5) is 5.13 Å². The third kappa shape index (κ3) is 1.95. The molecule has 9 nitrogen and oxygen atoms in total. The van der Waals surface area contributed by atoms with Crippen molar-refractivity contribution in [3.63, 3.8) is 0 Å². The largest absolute Gasteiger partial charge is 0.454 e. The van der Waals surface area contributed by atoms with Gasteiger partial charge in [-0.25, -0.2) is 9.88 Å². The summed E-state index contributed by atoms with van der Waals surface area (Å²) in [5, 5.41) is 4.73. The Hall–Kier alpha value is -2.98. The van der Waals surface area contributed by atoms with E-state index in [2.05, 4.69) is 10.1 Å². The lowest BCUT2D eigenvalue weighted by Crippen LogP contribution is -2.45. The first-order valence-electron chi connectivity index (χ1n) is 9.71. The Balaban J connectivity index is 1.24. The molecule has 6 atom stereocenters. The smallest absolute Gasteiger partial charge is 0.242 e. The number of ether oxygens (including phenoxy) is 3. The Morgan fingerprint density at radius 2 is 1.83 bits per heavy atom. The highest BCUT2D eigenvalue weighted by Gasteiger charge is 2.72. The molecule has 3 fully saturated rings.